The average Bonchev–Trinajstić information content (AvgIpc) is 2.98. The Morgan fingerprint density at radius 3 is 2.39 bits per heavy atom. The predicted molar refractivity (Wildman–Crippen MR) is 110 cm³/mol. The molecule has 0 saturated heterocycles. The average molecular weight is 398 g/mol. The number of amides is 1. The van der Waals surface area contributed by atoms with Gasteiger partial charge in [0.15, 0.2) is 9.84 Å². The lowest BCUT2D eigenvalue weighted by Gasteiger charge is -2.12. The third-order valence-electron chi connectivity index (χ3n) is 4.85. The van der Waals surface area contributed by atoms with Crippen LogP contribution in [0.2, 0.25) is 0 Å². The van der Waals surface area contributed by atoms with E-state index in [1.54, 1.807) is 18.3 Å². The standard InChI is InChI=1S/C21H23N3O3S/c1-13-9-15(3)18(10-14(13)2)19-12-22-21(24(19)4)23-20(25)16-7-6-8-17(11-16)28(5,26)27/h6-12H,1-5H3,(H,22,23,25). The quantitative estimate of drug-likeness (QED) is 0.728. The molecule has 1 heterocycles. The van der Waals surface area contributed by atoms with Gasteiger partial charge in [0.05, 0.1) is 16.8 Å². The third-order valence-corrected chi connectivity index (χ3v) is 5.96. The minimum Gasteiger partial charge on any atom is -0.313 e. The van der Waals surface area contributed by atoms with Crippen molar-refractivity contribution in [2.75, 3.05) is 11.6 Å². The number of carbonyl (C=O) groups excluding carboxylic acids is 1. The fourth-order valence-electron chi connectivity index (χ4n) is 3.05. The molecule has 6 nitrogen and oxygen atoms in total. The lowest BCUT2D eigenvalue weighted by atomic mass is 9.99. The van der Waals surface area contributed by atoms with Gasteiger partial charge in [-0.15, -0.1) is 0 Å². The van der Waals surface area contributed by atoms with Gasteiger partial charge in [-0.25, -0.2) is 13.4 Å². The van der Waals surface area contributed by atoms with Crippen LogP contribution in [0.5, 0.6) is 0 Å². The topological polar surface area (TPSA) is 81.1 Å². The molecule has 0 atom stereocenters. The van der Waals surface area contributed by atoms with Crippen molar-refractivity contribution in [3.63, 3.8) is 0 Å². The van der Waals surface area contributed by atoms with Crippen LogP contribution in [0.25, 0.3) is 11.3 Å². The number of anilines is 1. The molecule has 0 aliphatic heterocycles. The Morgan fingerprint density at radius 2 is 1.71 bits per heavy atom. The first-order chi connectivity index (χ1) is 13.1. The number of aromatic nitrogens is 2. The van der Waals surface area contributed by atoms with Crippen LogP contribution in [-0.4, -0.2) is 30.1 Å². The van der Waals surface area contributed by atoms with E-state index in [4.69, 9.17) is 0 Å². The number of hydrogen-bond donors (Lipinski definition) is 1. The number of nitrogens with zero attached hydrogens (tertiary/aromatic N) is 2. The van der Waals surface area contributed by atoms with Crippen molar-refractivity contribution in [3.8, 4) is 11.3 Å². The molecule has 2 aromatic carbocycles. The van der Waals surface area contributed by atoms with Gasteiger partial charge in [-0.1, -0.05) is 12.1 Å². The van der Waals surface area contributed by atoms with Crippen molar-refractivity contribution in [2.45, 2.75) is 25.7 Å². The van der Waals surface area contributed by atoms with Gasteiger partial charge in [-0.3, -0.25) is 10.1 Å². The maximum absolute atomic E-state index is 12.6. The maximum Gasteiger partial charge on any atom is 0.258 e. The zero-order valence-corrected chi connectivity index (χ0v) is 17.4. The molecule has 0 saturated carbocycles. The summed E-state index contributed by atoms with van der Waals surface area (Å²) in [4.78, 5) is 17.0. The van der Waals surface area contributed by atoms with Crippen LogP contribution in [0, 0.1) is 20.8 Å². The van der Waals surface area contributed by atoms with Crippen molar-refractivity contribution in [1.82, 2.24) is 9.55 Å². The van der Waals surface area contributed by atoms with E-state index in [0.717, 1.165) is 23.1 Å². The molecule has 1 N–H and O–H groups in total. The van der Waals surface area contributed by atoms with Crippen LogP contribution < -0.4 is 5.32 Å². The van der Waals surface area contributed by atoms with Crippen molar-refractivity contribution >= 4 is 21.7 Å². The molecule has 0 aliphatic rings. The van der Waals surface area contributed by atoms with Crippen LogP contribution in [-0.2, 0) is 16.9 Å². The summed E-state index contributed by atoms with van der Waals surface area (Å²) in [7, 11) is -1.55. The second kappa shape index (κ2) is 7.24. The Labute approximate surface area is 165 Å². The summed E-state index contributed by atoms with van der Waals surface area (Å²) in [5, 5.41) is 2.76. The minimum atomic E-state index is -3.39. The molecule has 146 valence electrons. The predicted octanol–water partition coefficient (Wildman–Crippen LogP) is 3.67. The molecule has 0 fully saturated rings. The van der Waals surface area contributed by atoms with Crippen molar-refractivity contribution in [2.24, 2.45) is 7.05 Å². The van der Waals surface area contributed by atoms with E-state index in [1.807, 2.05) is 18.5 Å². The van der Waals surface area contributed by atoms with Gasteiger partial charge in [0.1, 0.15) is 0 Å². The van der Waals surface area contributed by atoms with Crippen LogP contribution >= 0.6 is 0 Å². The Balaban J connectivity index is 1.92. The fraction of sp³-hybridized carbons (Fsp3) is 0.238. The van der Waals surface area contributed by atoms with E-state index < -0.39 is 15.7 Å². The number of rotatable bonds is 4. The van der Waals surface area contributed by atoms with E-state index in [1.165, 1.54) is 23.3 Å². The zero-order chi connectivity index (χ0) is 20.6. The lowest BCUT2D eigenvalue weighted by molar-refractivity contribution is 0.102. The summed E-state index contributed by atoms with van der Waals surface area (Å²) in [6.45, 7) is 6.18. The highest BCUT2D eigenvalue weighted by Crippen LogP contribution is 2.28. The van der Waals surface area contributed by atoms with Crippen LogP contribution in [0.4, 0.5) is 5.95 Å². The highest BCUT2D eigenvalue weighted by molar-refractivity contribution is 7.90. The van der Waals surface area contributed by atoms with E-state index >= 15 is 0 Å². The Kier molecular flexibility index (Phi) is 5.12. The lowest BCUT2D eigenvalue weighted by Crippen LogP contribution is -2.15. The number of carbonyl (C=O) groups is 1. The van der Waals surface area contributed by atoms with Crippen molar-refractivity contribution in [1.29, 1.82) is 0 Å². The molecule has 3 aromatic rings. The number of aryl methyl sites for hydroxylation is 3. The molecule has 0 spiro atoms. The van der Waals surface area contributed by atoms with Gasteiger partial charge in [0, 0.05) is 24.4 Å². The van der Waals surface area contributed by atoms with Gasteiger partial charge < -0.3 is 4.57 Å². The van der Waals surface area contributed by atoms with Crippen LogP contribution in [0.3, 0.4) is 0 Å². The summed E-state index contributed by atoms with van der Waals surface area (Å²) in [6.07, 6.45) is 2.83. The minimum absolute atomic E-state index is 0.103. The van der Waals surface area contributed by atoms with Gasteiger partial charge >= 0.3 is 0 Å². The first-order valence-electron chi connectivity index (χ1n) is 8.79. The van der Waals surface area contributed by atoms with Gasteiger partial charge in [-0.05, 0) is 61.7 Å². The van der Waals surface area contributed by atoms with E-state index in [-0.39, 0.29) is 10.5 Å². The molecule has 0 aliphatic carbocycles. The Morgan fingerprint density at radius 1 is 1.04 bits per heavy atom. The smallest absolute Gasteiger partial charge is 0.258 e. The molecule has 1 aromatic heterocycles. The molecule has 28 heavy (non-hydrogen) atoms. The summed E-state index contributed by atoms with van der Waals surface area (Å²) in [5.41, 5.74) is 5.74. The Bertz CT molecular complexity index is 1180. The van der Waals surface area contributed by atoms with Gasteiger partial charge in [0.2, 0.25) is 5.95 Å². The summed E-state index contributed by atoms with van der Waals surface area (Å²) >= 11 is 0. The molecular formula is C21H23N3O3S. The zero-order valence-electron chi connectivity index (χ0n) is 16.6. The first kappa shape index (κ1) is 19.8. The monoisotopic (exact) mass is 397 g/mol. The van der Waals surface area contributed by atoms with E-state index in [0.29, 0.717) is 5.95 Å². The molecule has 0 radical (unpaired) electrons. The van der Waals surface area contributed by atoms with E-state index in [2.05, 4.69) is 36.3 Å². The number of benzene rings is 2. The highest BCUT2D eigenvalue weighted by Gasteiger charge is 2.16. The Hall–Kier alpha value is -2.93. The van der Waals surface area contributed by atoms with Crippen LogP contribution in [0.15, 0.2) is 47.5 Å². The molecule has 3 rings (SSSR count). The van der Waals surface area contributed by atoms with Crippen molar-refractivity contribution in [3.05, 3.63) is 64.8 Å². The second-order valence-electron chi connectivity index (χ2n) is 7.03. The normalized spacial score (nSPS) is 11.5. The number of imidazole rings is 1. The van der Waals surface area contributed by atoms with Gasteiger partial charge in [-0.2, -0.15) is 0 Å². The van der Waals surface area contributed by atoms with Crippen LogP contribution in [0.1, 0.15) is 27.0 Å². The number of nitrogens with one attached hydrogen (secondary N) is 1. The summed E-state index contributed by atoms with van der Waals surface area (Å²) in [5.74, 6) is -0.0232. The first-order valence-corrected chi connectivity index (χ1v) is 10.7. The highest BCUT2D eigenvalue weighted by atomic mass is 32.2. The largest absolute Gasteiger partial charge is 0.313 e. The molecule has 0 unspecified atom stereocenters. The third kappa shape index (κ3) is 3.84. The number of hydrogen-bond acceptors (Lipinski definition) is 4. The summed E-state index contributed by atoms with van der Waals surface area (Å²) in [6, 6.07) is 10.2. The molecular weight excluding hydrogens is 374 g/mol. The summed E-state index contributed by atoms with van der Waals surface area (Å²) < 4.78 is 25.2. The number of sulfone groups is 1. The fourth-order valence-corrected chi connectivity index (χ4v) is 3.72. The van der Waals surface area contributed by atoms with Crippen molar-refractivity contribution < 1.29 is 13.2 Å². The molecule has 1 amide bonds. The molecule has 7 heteroatoms. The van der Waals surface area contributed by atoms with E-state index in [9.17, 15) is 13.2 Å². The molecule has 0 bridgehead atoms. The second-order valence-corrected chi connectivity index (χ2v) is 9.05. The SMILES string of the molecule is Cc1cc(C)c(-c2cnc(NC(=O)c3cccc(S(C)(=O)=O)c3)n2C)cc1C. The van der Waals surface area contributed by atoms with Gasteiger partial charge in [0.25, 0.3) is 5.91 Å². The maximum atomic E-state index is 12.6.